The van der Waals surface area contributed by atoms with Crippen molar-refractivity contribution in [2.24, 2.45) is 5.73 Å². The summed E-state index contributed by atoms with van der Waals surface area (Å²) in [5.74, 6) is 0.157. The van der Waals surface area contributed by atoms with E-state index >= 15 is 0 Å². The molecule has 0 fully saturated rings. The molecule has 0 aliphatic heterocycles. The molecule has 2 aromatic heterocycles. The molecule has 0 aromatic carbocycles. The predicted molar refractivity (Wildman–Crippen MR) is 76.6 cm³/mol. The standard InChI is InChI=1S/C14H19N5O/c1-9(2)16-7-11-6-10(3)14(17-8-11)19-5-4-12(18-19)13(15)20/h4-6,8-9,16H,7H2,1-3H3,(H2,15,20). The molecule has 106 valence electrons. The minimum atomic E-state index is -0.542. The second-order valence-corrected chi connectivity index (χ2v) is 5.03. The van der Waals surface area contributed by atoms with Gasteiger partial charge >= 0.3 is 0 Å². The summed E-state index contributed by atoms with van der Waals surface area (Å²) in [6, 6.07) is 4.07. The Labute approximate surface area is 118 Å². The number of nitrogens with one attached hydrogen (secondary N) is 1. The Morgan fingerprint density at radius 2 is 2.25 bits per heavy atom. The molecule has 2 aromatic rings. The van der Waals surface area contributed by atoms with E-state index < -0.39 is 5.91 Å². The molecular formula is C14H19N5O. The van der Waals surface area contributed by atoms with E-state index in [0.717, 1.165) is 17.7 Å². The van der Waals surface area contributed by atoms with Gasteiger partial charge in [-0.1, -0.05) is 13.8 Å². The first-order valence-corrected chi connectivity index (χ1v) is 6.52. The number of carbonyl (C=O) groups is 1. The molecule has 1 amide bonds. The Morgan fingerprint density at radius 3 is 2.80 bits per heavy atom. The number of amides is 1. The lowest BCUT2D eigenvalue weighted by Gasteiger charge is -2.10. The predicted octanol–water partition coefficient (Wildman–Crippen LogP) is 1.17. The zero-order valence-electron chi connectivity index (χ0n) is 11.9. The third-order valence-electron chi connectivity index (χ3n) is 2.88. The normalized spacial score (nSPS) is 11.0. The van der Waals surface area contributed by atoms with Crippen LogP contribution in [0.5, 0.6) is 0 Å². The number of aryl methyl sites for hydroxylation is 1. The third-order valence-corrected chi connectivity index (χ3v) is 2.88. The van der Waals surface area contributed by atoms with E-state index in [0.29, 0.717) is 11.9 Å². The summed E-state index contributed by atoms with van der Waals surface area (Å²) < 4.78 is 1.56. The molecule has 0 radical (unpaired) electrons. The lowest BCUT2D eigenvalue weighted by molar-refractivity contribution is 0.0995. The highest BCUT2D eigenvalue weighted by Crippen LogP contribution is 2.12. The lowest BCUT2D eigenvalue weighted by atomic mass is 10.2. The summed E-state index contributed by atoms with van der Waals surface area (Å²) >= 11 is 0. The van der Waals surface area contributed by atoms with Crippen LogP contribution in [0.3, 0.4) is 0 Å². The molecule has 0 saturated heterocycles. The van der Waals surface area contributed by atoms with Crippen molar-refractivity contribution in [3.05, 3.63) is 41.3 Å². The molecule has 0 aliphatic carbocycles. The minimum absolute atomic E-state index is 0.233. The maximum absolute atomic E-state index is 11.1. The minimum Gasteiger partial charge on any atom is -0.364 e. The Morgan fingerprint density at radius 1 is 1.50 bits per heavy atom. The van der Waals surface area contributed by atoms with Crippen molar-refractivity contribution in [2.45, 2.75) is 33.4 Å². The van der Waals surface area contributed by atoms with E-state index in [4.69, 9.17) is 5.73 Å². The van der Waals surface area contributed by atoms with Crippen molar-refractivity contribution in [1.82, 2.24) is 20.1 Å². The van der Waals surface area contributed by atoms with E-state index in [1.807, 2.05) is 13.1 Å². The number of hydrogen-bond donors (Lipinski definition) is 2. The average molecular weight is 273 g/mol. The number of carbonyl (C=O) groups excluding carboxylic acids is 1. The molecule has 6 nitrogen and oxygen atoms in total. The monoisotopic (exact) mass is 273 g/mol. The first-order valence-electron chi connectivity index (χ1n) is 6.52. The molecule has 2 heterocycles. The van der Waals surface area contributed by atoms with Crippen molar-refractivity contribution in [3.63, 3.8) is 0 Å². The van der Waals surface area contributed by atoms with Crippen LogP contribution in [0.4, 0.5) is 0 Å². The summed E-state index contributed by atoms with van der Waals surface area (Å²) in [5, 5.41) is 7.45. The molecule has 0 saturated carbocycles. The zero-order chi connectivity index (χ0) is 14.7. The molecule has 0 unspecified atom stereocenters. The van der Waals surface area contributed by atoms with E-state index in [2.05, 4.69) is 35.3 Å². The van der Waals surface area contributed by atoms with Gasteiger partial charge in [-0.3, -0.25) is 4.79 Å². The number of rotatable bonds is 5. The van der Waals surface area contributed by atoms with Crippen LogP contribution >= 0.6 is 0 Å². The van der Waals surface area contributed by atoms with Crippen LogP contribution in [0.25, 0.3) is 5.82 Å². The summed E-state index contributed by atoms with van der Waals surface area (Å²) in [6.07, 6.45) is 3.49. The number of primary amides is 1. The van der Waals surface area contributed by atoms with Crippen LogP contribution in [0.1, 0.15) is 35.5 Å². The van der Waals surface area contributed by atoms with Gasteiger partial charge in [-0.25, -0.2) is 9.67 Å². The molecule has 20 heavy (non-hydrogen) atoms. The largest absolute Gasteiger partial charge is 0.364 e. The van der Waals surface area contributed by atoms with E-state index in [1.165, 1.54) is 0 Å². The topological polar surface area (TPSA) is 85.8 Å². The number of hydrogen-bond acceptors (Lipinski definition) is 4. The fourth-order valence-electron chi connectivity index (χ4n) is 1.86. The van der Waals surface area contributed by atoms with Gasteiger partial charge in [0.1, 0.15) is 5.69 Å². The molecule has 2 rings (SSSR count). The van der Waals surface area contributed by atoms with Gasteiger partial charge in [0.05, 0.1) is 0 Å². The SMILES string of the molecule is Cc1cc(CNC(C)C)cnc1-n1ccc(C(N)=O)n1. The molecule has 0 spiro atoms. The van der Waals surface area contributed by atoms with Gasteiger partial charge in [-0.2, -0.15) is 5.10 Å². The van der Waals surface area contributed by atoms with Gasteiger partial charge in [0.2, 0.25) is 0 Å². The van der Waals surface area contributed by atoms with Crippen LogP contribution in [0.15, 0.2) is 24.5 Å². The molecule has 0 atom stereocenters. The second kappa shape index (κ2) is 5.83. The molecule has 0 bridgehead atoms. The van der Waals surface area contributed by atoms with Crippen molar-refractivity contribution >= 4 is 5.91 Å². The van der Waals surface area contributed by atoms with E-state index in [1.54, 1.807) is 16.9 Å². The van der Waals surface area contributed by atoms with Crippen LogP contribution in [-0.2, 0) is 6.54 Å². The van der Waals surface area contributed by atoms with Gasteiger partial charge in [-0.05, 0) is 30.2 Å². The van der Waals surface area contributed by atoms with Gasteiger partial charge in [0.15, 0.2) is 5.82 Å². The van der Waals surface area contributed by atoms with Gasteiger partial charge in [-0.15, -0.1) is 0 Å². The lowest BCUT2D eigenvalue weighted by Crippen LogP contribution is -2.22. The van der Waals surface area contributed by atoms with Crippen LogP contribution < -0.4 is 11.1 Å². The van der Waals surface area contributed by atoms with Gasteiger partial charge in [0.25, 0.3) is 5.91 Å². The molecule has 3 N–H and O–H groups in total. The maximum atomic E-state index is 11.1. The van der Waals surface area contributed by atoms with Crippen LogP contribution in [0, 0.1) is 6.92 Å². The summed E-state index contributed by atoms with van der Waals surface area (Å²) in [7, 11) is 0. The Kier molecular flexibility index (Phi) is 4.14. The van der Waals surface area contributed by atoms with Crippen molar-refractivity contribution in [1.29, 1.82) is 0 Å². The van der Waals surface area contributed by atoms with Crippen molar-refractivity contribution < 1.29 is 4.79 Å². The Balaban J connectivity index is 2.22. The maximum Gasteiger partial charge on any atom is 0.269 e. The molecule has 6 heteroatoms. The van der Waals surface area contributed by atoms with E-state index in [-0.39, 0.29) is 5.69 Å². The average Bonchev–Trinajstić information content (AvgIpc) is 2.86. The highest BCUT2D eigenvalue weighted by molar-refractivity contribution is 5.90. The highest BCUT2D eigenvalue weighted by Gasteiger charge is 2.09. The fourth-order valence-corrected chi connectivity index (χ4v) is 1.86. The fraction of sp³-hybridized carbons (Fsp3) is 0.357. The molecule has 0 aliphatic rings. The highest BCUT2D eigenvalue weighted by atomic mass is 16.1. The van der Waals surface area contributed by atoms with Crippen LogP contribution in [-0.4, -0.2) is 26.7 Å². The van der Waals surface area contributed by atoms with Crippen molar-refractivity contribution in [3.8, 4) is 5.82 Å². The summed E-state index contributed by atoms with van der Waals surface area (Å²) in [4.78, 5) is 15.5. The zero-order valence-corrected chi connectivity index (χ0v) is 11.9. The van der Waals surface area contributed by atoms with Crippen LogP contribution in [0.2, 0.25) is 0 Å². The summed E-state index contributed by atoms with van der Waals surface area (Å²) in [5.41, 5.74) is 7.53. The first-order chi connectivity index (χ1) is 9.47. The van der Waals surface area contributed by atoms with Crippen molar-refractivity contribution in [2.75, 3.05) is 0 Å². The Hall–Kier alpha value is -2.21. The number of aromatic nitrogens is 3. The number of pyridine rings is 1. The summed E-state index contributed by atoms with van der Waals surface area (Å²) in [6.45, 7) is 6.94. The quantitative estimate of drug-likeness (QED) is 0.856. The number of nitrogens with zero attached hydrogens (tertiary/aromatic N) is 3. The second-order valence-electron chi connectivity index (χ2n) is 5.03. The van der Waals surface area contributed by atoms with Gasteiger partial charge < -0.3 is 11.1 Å². The number of nitrogens with two attached hydrogens (primary N) is 1. The smallest absolute Gasteiger partial charge is 0.269 e. The Bertz CT molecular complexity index is 618. The molecular weight excluding hydrogens is 254 g/mol. The van der Waals surface area contributed by atoms with Gasteiger partial charge in [0, 0.05) is 25.0 Å². The third kappa shape index (κ3) is 3.21. The first kappa shape index (κ1) is 14.2. The van der Waals surface area contributed by atoms with E-state index in [9.17, 15) is 4.79 Å².